The van der Waals surface area contributed by atoms with Crippen LogP contribution in [0.5, 0.6) is 0 Å². The number of ether oxygens (including phenoxy) is 1. The molecule has 9 heteroatoms. The number of nitrogens with one attached hydrogen (secondary N) is 1. The van der Waals surface area contributed by atoms with Crippen LogP contribution in [-0.4, -0.2) is 50.7 Å². The first-order chi connectivity index (χ1) is 13.8. The number of sulfonamides is 1. The largest absolute Gasteiger partial charge is 0.378 e. The monoisotopic (exact) mass is 415 g/mol. The van der Waals surface area contributed by atoms with E-state index in [0.717, 1.165) is 11.1 Å². The highest BCUT2D eigenvalue weighted by Gasteiger charge is 2.25. The van der Waals surface area contributed by atoms with Crippen LogP contribution in [0.2, 0.25) is 0 Å². The van der Waals surface area contributed by atoms with Crippen LogP contribution < -0.4 is 4.72 Å². The number of benzene rings is 2. The first-order valence-electron chi connectivity index (χ1n) is 9.22. The van der Waals surface area contributed by atoms with E-state index in [1.165, 1.54) is 18.2 Å². The summed E-state index contributed by atoms with van der Waals surface area (Å²) in [7, 11) is -3.84. The summed E-state index contributed by atoms with van der Waals surface area (Å²) in [6, 6.07) is 9.70. The number of fused-ring (bicyclic) bond motifs is 1. The summed E-state index contributed by atoms with van der Waals surface area (Å²) in [6.07, 6.45) is 0. The summed E-state index contributed by atoms with van der Waals surface area (Å²) < 4.78 is 38.8. The van der Waals surface area contributed by atoms with Gasteiger partial charge >= 0.3 is 0 Å². The maximum atomic E-state index is 12.9. The normalized spacial score (nSPS) is 14.9. The third-order valence-corrected chi connectivity index (χ3v) is 6.39. The lowest BCUT2D eigenvalue weighted by atomic mass is 10.1. The van der Waals surface area contributed by atoms with Crippen LogP contribution in [0.4, 0.5) is 5.69 Å². The molecule has 8 nitrogen and oxygen atoms in total. The summed E-state index contributed by atoms with van der Waals surface area (Å²) in [6.45, 7) is 5.71. The maximum Gasteiger partial charge on any atom is 0.276 e. The average Bonchev–Trinajstić information content (AvgIpc) is 3.14. The molecule has 1 fully saturated rings. The molecule has 1 aliphatic heterocycles. The Morgan fingerprint density at radius 3 is 2.55 bits per heavy atom. The first-order valence-corrected chi connectivity index (χ1v) is 10.7. The number of amides is 1. The quantitative estimate of drug-likeness (QED) is 0.703. The Balaban J connectivity index is 1.67. The van der Waals surface area contributed by atoms with Gasteiger partial charge in [-0.05, 0) is 55.3 Å². The number of carbonyl (C=O) groups is 1. The fourth-order valence-electron chi connectivity index (χ4n) is 3.17. The second-order valence-electron chi connectivity index (χ2n) is 7.00. The molecule has 152 valence electrons. The lowest BCUT2D eigenvalue weighted by Gasteiger charge is -2.25. The molecule has 0 unspecified atom stereocenters. The smallest absolute Gasteiger partial charge is 0.276 e. The molecular weight excluding hydrogens is 394 g/mol. The molecule has 1 saturated heterocycles. The summed E-state index contributed by atoms with van der Waals surface area (Å²) in [5.74, 6) is -0.302. The van der Waals surface area contributed by atoms with Gasteiger partial charge in [0, 0.05) is 18.8 Å². The van der Waals surface area contributed by atoms with Gasteiger partial charge in [-0.3, -0.25) is 9.52 Å². The summed E-state index contributed by atoms with van der Waals surface area (Å²) in [4.78, 5) is 14.4. The molecule has 2 heterocycles. The fourth-order valence-corrected chi connectivity index (χ4v) is 4.25. The van der Waals surface area contributed by atoms with Crippen molar-refractivity contribution < 1.29 is 22.5 Å². The van der Waals surface area contributed by atoms with E-state index < -0.39 is 10.0 Å². The Kier molecular flexibility index (Phi) is 5.01. The highest BCUT2D eigenvalue weighted by Crippen LogP contribution is 2.25. The lowest BCUT2D eigenvalue weighted by Crippen LogP contribution is -2.40. The van der Waals surface area contributed by atoms with Gasteiger partial charge in [0.25, 0.3) is 15.9 Å². The highest BCUT2D eigenvalue weighted by atomic mass is 32.2. The molecule has 0 atom stereocenters. The van der Waals surface area contributed by atoms with Gasteiger partial charge in [0.1, 0.15) is 0 Å². The van der Waals surface area contributed by atoms with E-state index in [2.05, 4.69) is 9.88 Å². The van der Waals surface area contributed by atoms with E-state index in [4.69, 9.17) is 9.26 Å². The molecule has 2 aromatic carbocycles. The van der Waals surface area contributed by atoms with E-state index in [0.29, 0.717) is 43.0 Å². The zero-order chi connectivity index (χ0) is 20.6. The van der Waals surface area contributed by atoms with Crippen LogP contribution in [0.3, 0.4) is 0 Å². The number of nitrogens with zero attached hydrogens (tertiary/aromatic N) is 2. The summed E-state index contributed by atoms with van der Waals surface area (Å²) >= 11 is 0. The van der Waals surface area contributed by atoms with Crippen LogP contribution in [0.25, 0.3) is 11.0 Å². The Hall–Kier alpha value is -2.91. The predicted molar refractivity (Wildman–Crippen MR) is 107 cm³/mol. The molecule has 1 N–H and O–H groups in total. The van der Waals surface area contributed by atoms with Gasteiger partial charge in [0.2, 0.25) is 0 Å². The van der Waals surface area contributed by atoms with Crippen LogP contribution >= 0.6 is 0 Å². The van der Waals surface area contributed by atoms with Crippen molar-refractivity contribution >= 4 is 32.6 Å². The summed E-state index contributed by atoms with van der Waals surface area (Å²) in [5, 5.41) is 4.24. The van der Waals surface area contributed by atoms with Crippen LogP contribution in [0, 0.1) is 13.8 Å². The number of carbonyl (C=O) groups excluding carboxylic acids is 1. The fraction of sp³-hybridized carbons (Fsp3) is 0.300. The molecule has 1 aromatic heterocycles. The van der Waals surface area contributed by atoms with Crippen molar-refractivity contribution in [2.45, 2.75) is 18.7 Å². The Morgan fingerprint density at radius 1 is 1.07 bits per heavy atom. The van der Waals surface area contributed by atoms with Crippen molar-refractivity contribution in [1.82, 2.24) is 10.1 Å². The number of morpholine rings is 1. The number of hydrogen-bond donors (Lipinski definition) is 1. The molecule has 0 bridgehead atoms. The van der Waals surface area contributed by atoms with Gasteiger partial charge < -0.3 is 14.2 Å². The molecule has 29 heavy (non-hydrogen) atoms. The van der Waals surface area contributed by atoms with Crippen LogP contribution in [0.15, 0.2) is 45.8 Å². The second-order valence-corrected chi connectivity index (χ2v) is 8.68. The molecule has 0 spiro atoms. The van der Waals surface area contributed by atoms with E-state index in [1.807, 2.05) is 19.9 Å². The third kappa shape index (κ3) is 3.83. The average molecular weight is 415 g/mol. The molecule has 3 aromatic rings. The van der Waals surface area contributed by atoms with E-state index >= 15 is 0 Å². The zero-order valence-electron chi connectivity index (χ0n) is 16.1. The summed E-state index contributed by atoms with van der Waals surface area (Å²) in [5.41, 5.74) is 2.99. The minimum atomic E-state index is -3.84. The van der Waals surface area contributed by atoms with E-state index in [-0.39, 0.29) is 16.5 Å². The van der Waals surface area contributed by atoms with Crippen LogP contribution in [0.1, 0.15) is 21.6 Å². The minimum Gasteiger partial charge on any atom is -0.378 e. The maximum absolute atomic E-state index is 12.9. The molecule has 1 amide bonds. The molecule has 0 saturated carbocycles. The third-order valence-electron chi connectivity index (χ3n) is 5.01. The van der Waals surface area contributed by atoms with Gasteiger partial charge in [-0.15, -0.1) is 0 Å². The number of anilines is 1. The van der Waals surface area contributed by atoms with Crippen molar-refractivity contribution in [1.29, 1.82) is 0 Å². The topological polar surface area (TPSA) is 102 Å². The van der Waals surface area contributed by atoms with Crippen molar-refractivity contribution in [2.75, 3.05) is 31.0 Å². The highest BCUT2D eigenvalue weighted by molar-refractivity contribution is 7.92. The predicted octanol–water partition coefficient (Wildman–Crippen LogP) is 2.72. The lowest BCUT2D eigenvalue weighted by molar-refractivity contribution is 0.0297. The van der Waals surface area contributed by atoms with Gasteiger partial charge in [0.15, 0.2) is 11.3 Å². The number of rotatable bonds is 4. The van der Waals surface area contributed by atoms with Crippen molar-refractivity contribution in [3.63, 3.8) is 0 Å². The molecule has 1 aliphatic rings. The van der Waals surface area contributed by atoms with Crippen molar-refractivity contribution in [3.8, 4) is 0 Å². The standard InChI is InChI=1S/C20H21N3O5S/c1-13-3-4-15(11-14(13)2)22-29(25,26)16-5-6-18-17(12-16)19(21-28-18)20(24)23-7-9-27-10-8-23/h3-6,11-12,22H,7-10H2,1-2H3. The molecule has 4 rings (SSSR count). The van der Waals surface area contributed by atoms with Gasteiger partial charge in [-0.2, -0.15) is 0 Å². The molecule has 0 radical (unpaired) electrons. The Morgan fingerprint density at radius 2 is 1.83 bits per heavy atom. The molecule has 0 aliphatic carbocycles. The Labute approximate surface area is 168 Å². The van der Waals surface area contributed by atoms with Crippen molar-refractivity contribution in [2.24, 2.45) is 0 Å². The zero-order valence-corrected chi connectivity index (χ0v) is 17.0. The minimum absolute atomic E-state index is 0.0301. The van der Waals surface area contributed by atoms with E-state index in [9.17, 15) is 13.2 Å². The van der Waals surface area contributed by atoms with Gasteiger partial charge in [0.05, 0.1) is 23.5 Å². The van der Waals surface area contributed by atoms with Crippen LogP contribution in [-0.2, 0) is 14.8 Å². The Bertz CT molecular complexity index is 1180. The number of aryl methyl sites for hydroxylation is 2. The van der Waals surface area contributed by atoms with E-state index in [1.54, 1.807) is 17.0 Å². The number of hydrogen-bond acceptors (Lipinski definition) is 6. The second kappa shape index (κ2) is 7.49. The van der Waals surface area contributed by atoms with Gasteiger partial charge in [-0.1, -0.05) is 11.2 Å². The first kappa shape index (κ1) is 19.4. The SMILES string of the molecule is Cc1ccc(NS(=O)(=O)c2ccc3onc(C(=O)N4CCOCC4)c3c2)cc1C. The van der Waals surface area contributed by atoms with Gasteiger partial charge in [-0.25, -0.2) is 8.42 Å². The van der Waals surface area contributed by atoms with Crippen molar-refractivity contribution in [3.05, 3.63) is 53.2 Å². The number of aromatic nitrogens is 1. The molecular formula is C20H21N3O5S.